The van der Waals surface area contributed by atoms with Crippen molar-refractivity contribution < 1.29 is 0 Å². The molecular formula is C47H42N4. The fourth-order valence-corrected chi connectivity index (χ4v) is 6.59. The zero-order valence-electron chi connectivity index (χ0n) is 29.6. The molecule has 0 fully saturated rings. The van der Waals surface area contributed by atoms with E-state index in [9.17, 15) is 0 Å². The first-order valence-electron chi connectivity index (χ1n) is 17.9. The molecule has 0 bridgehead atoms. The van der Waals surface area contributed by atoms with Crippen LogP contribution in [0.5, 0.6) is 0 Å². The highest BCUT2D eigenvalue weighted by Gasteiger charge is 2.18. The molecule has 0 atom stereocenters. The van der Waals surface area contributed by atoms with Crippen LogP contribution < -0.4 is 4.90 Å². The summed E-state index contributed by atoms with van der Waals surface area (Å²) in [5.74, 6) is 0. The van der Waals surface area contributed by atoms with Crippen LogP contribution in [0.2, 0.25) is 0 Å². The lowest BCUT2D eigenvalue weighted by atomic mass is 9.98. The van der Waals surface area contributed by atoms with E-state index in [0.29, 0.717) is 0 Å². The minimum Gasteiger partial charge on any atom is -0.355 e. The number of benzene rings is 7. The molecule has 4 heteroatoms. The summed E-state index contributed by atoms with van der Waals surface area (Å²) in [6.07, 6.45) is 1.25. The van der Waals surface area contributed by atoms with Gasteiger partial charge >= 0.3 is 0 Å². The minimum absolute atomic E-state index is 0.869. The summed E-state index contributed by atoms with van der Waals surface area (Å²) in [4.78, 5) is 16.3. The molecule has 250 valence electrons. The Balaban J connectivity index is 0.000000774. The molecule has 2 aromatic heterocycles. The molecule has 0 spiro atoms. The summed E-state index contributed by atoms with van der Waals surface area (Å²) in [5, 5.41) is 4.77. The first kappa shape index (κ1) is 33.2. The topological polar surface area (TPSA) is 44.8 Å². The largest absolute Gasteiger partial charge is 0.355 e. The number of hydrogen-bond acceptors (Lipinski definition) is 3. The second-order valence-corrected chi connectivity index (χ2v) is 12.3. The summed E-state index contributed by atoms with van der Waals surface area (Å²) >= 11 is 0. The van der Waals surface area contributed by atoms with Gasteiger partial charge in [-0.2, -0.15) is 0 Å². The Morgan fingerprint density at radius 1 is 0.471 bits per heavy atom. The van der Waals surface area contributed by atoms with E-state index in [1.54, 1.807) is 0 Å². The first-order chi connectivity index (χ1) is 25.2. The predicted octanol–water partition coefficient (Wildman–Crippen LogP) is 13.7. The fraction of sp³-hybridized carbons (Fsp3) is 0.106. The van der Waals surface area contributed by atoms with Crippen molar-refractivity contribution in [3.63, 3.8) is 0 Å². The second-order valence-electron chi connectivity index (χ2n) is 12.3. The van der Waals surface area contributed by atoms with Crippen LogP contribution in [-0.2, 0) is 0 Å². The van der Waals surface area contributed by atoms with E-state index in [1.165, 1.54) is 22.6 Å². The molecule has 7 aromatic carbocycles. The van der Waals surface area contributed by atoms with Gasteiger partial charge in [-0.15, -0.1) is 0 Å². The van der Waals surface area contributed by atoms with Gasteiger partial charge in [-0.3, -0.25) is 0 Å². The zero-order valence-corrected chi connectivity index (χ0v) is 29.6. The molecule has 0 unspecified atom stereocenters. The van der Waals surface area contributed by atoms with Gasteiger partial charge in [0.1, 0.15) is 0 Å². The molecule has 0 aliphatic heterocycles. The van der Waals surface area contributed by atoms with Gasteiger partial charge in [-0.05, 0) is 71.4 Å². The molecule has 0 amide bonds. The van der Waals surface area contributed by atoms with Crippen molar-refractivity contribution in [3.8, 4) is 22.5 Å². The summed E-state index contributed by atoms with van der Waals surface area (Å²) in [5.41, 5.74) is 11.1. The van der Waals surface area contributed by atoms with Gasteiger partial charge < -0.3 is 9.88 Å². The van der Waals surface area contributed by atoms with E-state index in [1.807, 2.05) is 38.1 Å². The lowest BCUT2D eigenvalue weighted by Crippen LogP contribution is -2.09. The standard InChI is InChI=1S/C42H28N4.C3H8.C2H6/c1-2-13-30(14-3-1)46(32-25-26-38-36(27-32)34-16-6-7-18-37(34)43-38)31-23-21-29(22-24-31)41-42(45-40-20-9-8-19-39(40)44-41)35-17-10-12-28-11-4-5-15-33(28)35;1-3-2;1-2/h1-27,43H;3H2,1-2H3;1-2H3. The van der Waals surface area contributed by atoms with Crippen molar-refractivity contribution >= 4 is 60.7 Å². The number of fused-ring (bicyclic) bond motifs is 5. The lowest BCUT2D eigenvalue weighted by Gasteiger charge is -2.26. The molecule has 9 aromatic rings. The van der Waals surface area contributed by atoms with E-state index >= 15 is 0 Å². The summed E-state index contributed by atoms with van der Waals surface area (Å²) < 4.78 is 0. The van der Waals surface area contributed by atoms with Gasteiger partial charge in [0, 0.05) is 50.0 Å². The molecule has 1 N–H and O–H groups in total. The third-order valence-electron chi connectivity index (χ3n) is 8.78. The van der Waals surface area contributed by atoms with Crippen molar-refractivity contribution in [3.05, 3.63) is 164 Å². The molecule has 9 rings (SSSR count). The van der Waals surface area contributed by atoms with Gasteiger partial charge in [-0.25, -0.2) is 9.97 Å². The normalized spacial score (nSPS) is 10.8. The highest BCUT2D eigenvalue weighted by molar-refractivity contribution is 6.08. The third kappa shape index (κ3) is 6.56. The van der Waals surface area contributed by atoms with Crippen molar-refractivity contribution in [2.45, 2.75) is 34.1 Å². The average molecular weight is 663 g/mol. The van der Waals surface area contributed by atoms with Gasteiger partial charge in [-0.1, -0.05) is 137 Å². The van der Waals surface area contributed by atoms with Crippen LogP contribution in [0.15, 0.2) is 164 Å². The monoisotopic (exact) mass is 662 g/mol. The highest BCUT2D eigenvalue weighted by Crippen LogP contribution is 2.40. The first-order valence-corrected chi connectivity index (χ1v) is 17.9. The van der Waals surface area contributed by atoms with Gasteiger partial charge in [0.2, 0.25) is 0 Å². The number of nitrogens with one attached hydrogen (secondary N) is 1. The van der Waals surface area contributed by atoms with E-state index in [-0.39, 0.29) is 0 Å². The Hall–Kier alpha value is -6.26. The molecule has 0 radical (unpaired) electrons. The van der Waals surface area contributed by atoms with Crippen LogP contribution in [0.1, 0.15) is 34.1 Å². The molecule has 0 saturated carbocycles. The Morgan fingerprint density at radius 3 is 1.76 bits per heavy atom. The molecule has 51 heavy (non-hydrogen) atoms. The zero-order chi connectivity index (χ0) is 35.2. The van der Waals surface area contributed by atoms with Crippen LogP contribution in [0, 0.1) is 0 Å². The number of nitrogens with zero attached hydrogens (tertiary/aromatic N) is 3. The van der Waals surface area contributed by atoms with E-state index < -0.39 is 0 Å². The molecule has 0 saturated heterocycles. The Morgan fingerprint density at radius 2 is 1.02 bits per heavy atom. The molecule has 0 aliphatic carbocycles. The van der Waals surface area contributed by atoms with Crippen LogP contribution >= 0.6 is 0 Å². The summed E-state index contributed by atoms with van der Waals surface area (Å²) in [7, 11) is 0. The smallest absolute Gasteiger partial charge is 0.0979 e. The van der Waals surface area contributed by atoms with Gasteiger partial charge in [0.05, 0.1) is 22.4 Å². The number of aromatic nitrogens is 3. The highest BCUT2D eigenvalue weighted by atomic mass is 15.1. The maximum atomic E-state index is 5.20. The maximum Gasteiger partial charge on any atom is 0.0979 e. The molecular weight excluding hydrogens is 621 g/mol. The Kier molecular flexibility index (Phi) is 9.84. The quantitative estimate of drug-likeness (QED) is 0.199. The number of aromatic amines is 1. The van der Waals surface area contributed by atoms with E-state index in [4.69, 9.17) is 9.97 Å². The molecule has 2 heterocycles. The SMILES string of the molecule is CC.CCC.c1ccc(N(c2ccc(-c3nc4ccccc4nc3-c3cccc4ccccc34)cc2)c2ccc3[nH]c4ccccc4c3c2)cc1. The van der Waals surface area contributed by atoms with E-state index in [0.717, 1.165) is 67.0 Å². The fourth-order valence-electron chi connectivity index (χ4n) is 6.59. The van der Waals surface area contributed by atoms with Crippen LogP contribution in [0.4, 0.5) is 17.1 Å². The average Bonchev–Trinajstić information content (AvgIpc) is 3.57. The van der Waals surface area contributed by atoms with Gasteiger partial charge in [0.15, 0.2) is 0 Å². The van der Waals surface area contributed by atoms with Crippen molar-refractivity contribution in [1.82, 2.24) is 15.0 Å². The maximum absolute atomic E-state index is 5.20. The Bertz CT molecular complexity index is 2540. The Labute approximate surface area is 300 Å². The second kappa shape index (κ2) is 15.1. The number of anilines is 3. The van der Waals surface area contributed by atoms with Crippen LogP contribution in [0.3, 0.4) is 0 Å². The third-order valence-corrected chi connectivity index (χ3v) is 8.78. The van der Waals surface area contributed by atoms with Crippen molar-refractivity contribution in [1.29, 1.82) is 0 Å². The lowest BCUT2D eigenvalue weighted by molar-refractivity contribution is 1.09. The number of H-pyrrole nitrogens is 1. The van der Waals surface area contributed by atoms with Crippen molar-refractivity contribution in [2.24, 2.45) is 0 Å². The minimum atomic E-state index is 0.869. The molecule has 4 nitrogen and oxygen atoms in total. The molecule has 0 aliphatic rings. The van der Waals surface area contributed by atoms with E-state index in [2.05, 4.69) is 163 Å². The predicted molar refractivity (Wildman–Crippen MR) is 219 cm³/mol. The van der Waals surface area contributed by atoms with Crippen LogP contribution in [0.25, 0.3) is 66.1 Å². The number of rotatable bonds is 5. The van der Waals surface area contributed by atoms with Gasteiger partial charge in [0.25, 0.3) is 0 Å². The van der Waals surface area contributed by atoms with Crippen molar-refractivity contribution in [2.75, 3.05) is 4.90 Å². The number of hydrogen-bond donors (Lipinski definition) is 1. The summed E-state index contributed by atoms with van der Waals surface area (Å²) in [6.45, 7) is 8.25. The number of para-hydroxylation sites is 4. The summed E-state index contributed by atoms with van der Waals surface area (Å²) in [6, 6.07) is 57.3. The van der Waals surface area contributed by atoms with Crippen LogP contribution in [-0.4, -0.2) is 15.0 Å².